The summed E-state index contributed by atoms with van der Waals surface area (Å²) in [6, 6.07) is 55.9. The standard InChI is InChI=1S/C48H34N4/c1-31-28-35(26-27-37(31)40-23-13-18-32-14-5-7-19-38(32)40)47-49-46(33-15-3-2-4-16-33)50-48(51-47)36-29-34-17-6-8-20-39(34)45(30-36)52-43-24-11-9-21-41(43)42-22-10-12-25-44(42)52/h2-27,29-31H,28H2,1H3. The number of allylic oxidation sites excluding steroid dienone is 4. The Hall–Kier alpha value is -6.65. The summed E-state index contributed by atoms with van der Waals surface area (Å²) in [5.41, 5.74) is 9.09. The van der Waals surface area contributed by atoms with Crippen LogP contribution < -0.4 is 0 Å². The number of benzene rings is 7. The summed E-state index contributed by atoms with van der Waals surface area (Å²) in [6.45, 7) is 2.31. The maximum Gasteiger partial charge on any atom is 0.164 e. The van der Waals surface area contributed by atoms with Crippen LogP contribution in [0.4, 0.5) is 0 Å². The lowest BCUT2D eigenvalue weighted by Crippen LogP contribution is -2.09. The second-order valence-corrected chi connectivity index (χ2v) is 13.7. The van der Waals surface area contributed by atoms with Gasteiger partial charge in [-0.15, -0.1) is 0 Å². The highest BCUT2D eigenvalue weighted by Gasteiger charge is 2.23. The summed E-state index contributed by atoms with van der Waals surface area (Å²) in [4.78, 5) is 15.6. The Bertz CT molecular complexity index is 2840. The molecule has 4 nitrogen and oxygen atoms in total. The average molecular weight is 667 g/mol. The van der Waals surface area contributed by atoms with Crippen LogP contribution in [0.1, 0.15) is 24.7 Å². The zero-order valence-corrected chi connectivity index (χ0v) is 28.7. The van der Waals surface area contributed by atoms with Gasteiger partial charge in [0, 0.05) is 27.3 Å². The van der Waals surface area contributed by atoms with Gasteiger partial charge in [0.25, 0.3) is 0 Å². The van der Waals surface area contributed by atoms with Gasteiger partial charge in [0.15, 0.2) is 17.5 Å². The Morgan fingerprint density at radius 2 is 1.06 bits per heavy atom. The Kier molecular flexibility index (Phi) is 7.14. The molecule has 9 aromatic rings. The van der Waals surface area contributed by atoms with E-state index in [-0.39, 0.29) is 5.92 Å². The molecule has 1 atom stereocenters. The number of fused-ring (bicyclic) bond motifs is 5. The maximum atomic E-state index is 5.26. The van der Waals surface area contributed by atoms with Crippen molar-refractivity contribution in [3.8, 4) is 28.5 Å². The number of nitrogens with zero attached hydrogens (tertiary/aromatic N) is 4. The SMILES string of the molecule is CC1CC(c2nc(-c3ccccc3)nc(-c3cc(-n4c5ccccc5c5ccccc54)c4ccccc4c3)n2)=CC=C1c1cccc2ccccc12. The van der Waals surface area contributed by atoms with E-state index in [1.165, 1.54) is 49.1 Å². The molecule has 7 aromatic carbocycles. The van der Waals surface area contributed by atoms with Gasteiger partial charge in [-0.05, 0) is 69.5 Å². The molecule has 2 aromatic heterocycles. The monoisotopic (exact) mass is 666 g/mol. The third kappa shape index (κ3) is 5.03. The molecule has 52 heavy (non-hydrogen) atoms. The molecule has 0 saturated carbocycles. The molecule has 1 unspecified atom stereocenters. The van der Waals surface area contributed by atoms with Gasteiger partial charge in [-0.1, -0.05) is 153 Å². The van der Waals surface area contributed by atoms with Crippen LogP contribution >= 0.6 is 0 Å². The van der Waals surface area contributed by atoms with Crippen molar-refractivity contribution in [2.24, 2.45) is 5.92 Å². The number of aromatic nitrogens is 4. The fraction of sp³-hybridized carbons (Fsp3) is 0.0625. The summed E-state index contributed by atoms with van der Waals surface area (Å²) in [6.07, 6.45) is 5.32. The highest BCUT2D eigenvalue weighted by molar-refractivity contribution is 6.11. The fourth-order valence-corrected chi connectivity index (χ4v) is 8.01. The second-order valence-electron chi connectivity index (χ2n) is 13.7. The minimum atomic E-state index is 0.286. The third-order valence-electron chi connectivity index (χ3n) is 10.5. The molecule has 1 aliphatic rings. The minimum Gasteiger partial charge on any atom is -0.309 e. The first-order valence-electron chi connectivity index (χ1n) is 17.9. The largest absolute Gasteiger partial charge is 0.309 e. The van der Waals surface area contributed by atoms with Crippen LogP contribution in [0.2, 0.25) is 0 Å². The van der Waals surface area contributed by atoms with Crippen LogP contribution in [-0.2, 0) is 0 Å². The van der Waals surface area contributed by atoms with Gasteiger partial charge < -0.3 is 4.57 Å². The van der Waals surface area contributed by atoms with Gasteiger partial charge in [0.1, 0.15) is 0 Å². The molecule has 0 saturated heterocycles. The number of hydrogen-bond acceptors (Lipinski definition) is 3. The summed E-state index contributed by atoms with van der Waals surface area (Å²) >= 11 is 0. The van der Waals surface area contributed by atoms with Gasteiger partial charge >= 0.3 is 0 Å². The molecule has 246 valence electrons. The summed E-state index contributed by atoms with van der Waals surface area (Å²) in [5, 5.41) is 7.31. The van der Waals surface area contributed by atoms with E-state index in [1.54, 1.807) is 0 Å². The van der Waals surface area contributed by atoms with E-state index in [4.69, 9.17) is 15.0 Å². The van der Waals surface area contributed by atoms with Crippen LogP contribution in [0.15, 0.2) is 170 Å². The lowest BCUT2D eigenvalue weighted by molar-refractivity contribution is 0.764. The molecule has 0 N–H and O–H groups in total. The zero-order valence-electron chi connectivity index (χ0n) is 28.7. The van der Waals surface area contributed by atoms with Crippen molar-refractivity contribution in [2.45, 2.75) is 13.3 Å². The Morgan fingerprint density at radius 3 is 1.79 bits per heavy atom. The Labute approximate surface area is 302 Å². The van der Waals surface area contributed by atoms with E-state index in [0.717, 1.165) is 40.0 Å². The summed E-state index contributed by atoms with van der Waals surface area (Å²) < 4.78 is 2.39. The van der Waals surface area contributed by atoms with E-state index < -0.39 is 0 Å². The number of para-hydroxylation sites is 2. The molecule has 4 heteroatoms. The molecule has 0 radical (unpaired) electrons. The van der Waals surface area contributed by atoms with Crippen molar-refractivity contribution in [3.63, 3.8) is 0 Å². The van der Waals surface area contributed by atoms with Gasteiger partial charge in [-0.2, -0.15) is 0 Å². The van der Waals surface area contributed by atoms with E-state index in [9.17, 15) is 0 Å². The first kappa shape index (κ1) is 30.2. The topological polar surface area (TPSA) is 43.6 Å². The van der Waals surface area contributed by atoms with Crippen LogP contribution in [0, 0.1) is 5.92 Å². The van der Waals surface area contributed by atoms with E-state index in [2.05, 4.69) is 163 Å². The van der Waals surface area contributed by atoms with E-state index >= 15 is 0 Å². The predicted octanol–water partition coefficient (Wildman–Crippen LogP) is 12.1. The van der Waals surface area contributed by atoms with Crippen LogP contribution in [-0.4, -0.2) is 19.5 Å². The first-order valence-corrected chi connectivity index (χ1v) is 17.9. The number of hydrogen-bond donors (Lipinski definition) is 0. The smallest absolute Gasteiger partial charge is 0.164 e. The molecule has 2 heterocycles. The molecular weight excluding hydrogens is 633 g/mol. The number of rotatable bonds is 5. The average Bonchev–Trinajstić information content (AvgIpc) is 3.54. The van der Waals surface area contributed by atoms with Crippen LogP contribution in [0.25, 0.3) is 83.0 Å². The maximum absolute atomic E-state index is 5.26. The zero-order chi connectivity index (χ0) is 34.6. The fourth-order valence-electron chi connectivity index (χ4n) is 8.01. The molecule has 0 bridgehead atoms. The summed E-state index contributed by atoms with van der Waals surface area (Å²) in [5.74, 6) is 2.34. The van der Waals surface area contributed by atoms with Crippen LogP contribution in [0.5, 0.6) is 0 Å². The molecule has 0 fully saturated rings. The highest BCUT2D eigenvalue weighted by atomic mass is 15.0. The molecule has 0 aliphatic heterocycles. The summed E-state index contributed by atoms with van der Waals surface area (Å²) in [7, 11) is 0. The first-order chi connectivity index (χ1) is 25.7. The second kappa shape index (κ2) is 12.3. The van der Waals surface area contributed by atoms with Crippen molar-refractivity contribution < 1.29 is 0 Å². The van der Waals surface area contributed by atoms with Crippen molar-refractivity contribution in [3.05, 3.63) is 181 Å². The van der Waals surface area contributed by atoms with Gasteiger partial charge in [0.05, 0.1) is 16.7 Å². The van der Waals surface area contributed by atoms with E-state index in [1.807, 2.05) is 18.2 Å². The lowest BCUT2D eigenvalue weighted by atomic mass is 9.82. The van der Waals surface area contributed by atoms with Gasteiger partial charge in [-0.3, -0.25) is 0 Å². The van der Waals surface area contributed by atoms with Gasteiger partial charge in [0.2, 0.25) is 0 Å². The van der Waals surface area contributed by atoms with Gasteiger partial charge in [-0.25, -0.2) is 15.0 Å². The van der Waals surface area contributed by atoms with Crippen LogP contribution in [0.3, 0.4) is 0 Å². The highest BCUT2D eigenvalue weighted by Crippen LogP contribution is 2.40. The predicted molar refractivity (Wildman–Crippen MR) is 216 cm³/mol. The van der Waals surface area contributed by atoms with E-state index in [0.29, 0.717) is 11.6 Å². The quantitative estimate of drug-likeness (QED) is 0.184. The van der Waals surface area contributed by atoms with Crippen molar-refractivity contribution >= 4 is 54.5 Å². The molecule has 10 rings (SSSR count). The Morgan fingerprint density at radius 1 is 0.481 bits per heavy atom. The van der Waals surface area contributed by atoms with Crippen molar-refractivity contribution in [1.82, 2.24) is 19.5 Å². The normalized spacial score (nSPS) is 14.6. The molecule has 1 aliphatic carbocycles. The molecular formula is C48H34N4. The van der Waals surface area contributed by atoms with Crippen molar-refractivity contribution in [1.29, 1.82) is 0 Å². The third-order valence-corrected chi connectivity index (χ3v) is 10.5. The molecule has 0 amide bonds. The lowest BCUT2D eigenvalue weighted by Gasteiger charge is -2.23. The van der Waals surface area contributed by atoms with Crippen molar-refractivity contribution in [2.75, 3.05) is 0 Å². The Balaban J connectivity index is 1.17. The minimum absolute atomic E-state index is 0.286. The molecule has 0 spiro atoms.